The van der Waals surface area contributed by atoms with Crippen molar-refractivity contribution in [1.29, 1.82) is 0 Å². The van der Waals surface area contributed by atoms with Crippen molar-refractivity contribution in [3.63, 3.8) is 0 Å². The quantitative estimate of drug-likeness (QED) is 0.659. The number of benzene rings is 1. The van der Waals surface area contributed by atoms with Crippen molar-refractivity contribution in [2.45, 2.75) is 25.4 Å². The van der Waals surface area contributed by atoms with Crippen molar-refractivity contribution >= 4 is 22.9 Å². The van der Waals surface area contributed by atoms with Gasteiger partial charge >= 0.3 is 0 Å². The maximum absolute atomic E-state index is 9.41. The van der Waals surface area contributed by atoms with E-state index in [1.54, 1.807) is 11.3 Å². The lowest BCUT2D eigenvalue weighted by molar-refractivity contribution is 0.153. The Morgan fingerprint density at radius 2 is 2.27 bits per heavy atom. The van der Waals surface area contributed by atoms with Gasteiger partial charge in [0.1, 0.15) is 5.84 Å². The van der Waals surface area contributed by atoms with Gasteiger partial charge in [-0.1, -0.05) is 18.2 Å². The smallest absolute Gasteiger partial charge is 0.141 e. The molecule has 5 heteroatoms. The van der Waals surface area contributed by atoms with Gasteiger partial charge < -0.3 is 10.8 Å². The van der Waals surface area contributed by atoms with Crippen LogP contribution in [0.25, 0.3) is 0 Å². The molecule has 1 aliphatic rings. The zero-order valence-electron chi connectivity index (χ0n) is 12.5. The highest BCUT2D eigenvalue weighted by atomic mass is 32.1. The highest BCUT2D eigenvalue weighted by Crippen LogP contribution is 2.22. The van der Waals surface area contributed by atoms with Gasteiger partial charge in [0.05, 0.1) is 17.2 Å². The second-order valence-electron chi connectivity index (χ2n) is 5.59. The molecule has 1 aromatic heterocycles. The first-order valence-electron chi connectivity index (χ1n) is 7.58. The van der Waals surface area contributed by atoms with Gasteiger partial charge in [0.2, 0.25) is 0 Å². The van der Waals surface area contributed by atoms with Crippen LogP contribution in [-0.4, -0.2) is 35.0 Å². The van der Waals surface area contributed by atoms with Gasteiger partial charge in [-0.3, -0.25) is 4.90 Å². The highest BCUT2D eigenvalue weighted by molar-refractivity contribution is 7.12. The summed E-state index contributed by atoms with van der Waals surface area (Å²) in [5.41, 5.74) is 8.13. The van der Waals surface area contributed by atoms with Crippen molar-refractivity contribution in [1.82, 2.24) is 4.90 Å². The Bertz CT molecular complexity index is 639. The molecule has 1 fully saturated rings. The van der Waals surface area contributed by atoms with Crippen molar-refractivity contribution in [3.8, 4) is 0 Å². The summed E-state index contributed by atoms with van der Waals surface area (Å²) in [6.07, 6.45) is 2.24. The van der Waals surface area contributed by atoms with Gasteiger partial charge in [-0.25, -0.2) is 4.99 Å². The number of aliphatic hydroxyl groups is 1. The summed E-state index contributed by atoms with van der Waals surface area (Å²) in [5.74, 6) is 0.557. The molecule has 0 unspecified atom stereocenters. The molecular formula is C17H21N3OS. The first-order chi connectivity index (χ1) is 10.8. The van der Waals surface area contributed by atoms with Crippen LogP contribution >= 0.6 is 11.3 Å². The Balaban J connectivity index is 1.74. The summed E-state index contributed by atoms with van der Waals surface area (Å²) >= 11 is 1.59. The minimum absolute atomic E-state index is 0.239. The van der Waals surface area contributed by atoms with E-state index in [9.17, 15) is 5.11 Å². The van der Waals surface area contributed by atoms with Crippen LogP contribution in [0.15, 0.2) is 46.8 Å². The number of aliphatic imine (C=N–C) groups is 1. The molecule has 4 nitrogen and oxygen atoms in total. The molecule has 2 heterocycles. The lowest BCUT2D eigenvalue weighted by atomic mass is 10.1. The van der Waals surface area contributed by atoms with Crippen LogP contribution in [-0.2, 0) is 6.54 Å². The van der Waals surface area contributed by atoms with Crippen LogP contribution in [0, 0.1) is 0 Å². The molecule has 2 aromatic rings. The Hall–Kier alpha value is -1.69. The van der Waals surface area contributed by atoms with E-state index >= 15 is 0 Å². The minimum atomic E-state index is 0.239. The van der Waals surface area contributed by atoms with Gasteiger partial charge in [0.25, 0.3) is 0 Å². The Labute approximate surface area is 134 Å². The van der Waals surface area contributed by atoms with Crippen LogP contribution in [0.2, 0.25) is 0 Å². The second-order valence-corrected chi connectivity index (χ2v) is 6.54. The van der Waals surface area contributed by atoms with Gasteiger partial charge in [-0.15, -0.1) is 11.3 Å². The van der Waals surface area contributed by atoms with Crippen molar-refractivity contribution in [2.75, 3.05) is 13.2 Å². The van der Waals surface area contributed by atoms with Gasteiger partial charge in [0, 0.05) is 12.6 Å². The van der Waals surface area contributed by atoms with E-state index in [0.717, 1.165) is 36.5 Å². The molecule has 0 aliphatic carbocycles. The second kappa shape index (κ2) is 7.05. The summed E-state index contributed by atoms with van der Waals surface area (Å²) in [6, 6.07) is 12.4. The highest BCUT2D eigenvalue weighted by Gasteiger charge is 2.23. The fourth-order valence-corrected chi connectivity index (χ4v) is 3.51. The zero-order chi connectivity index (χ0) is 15.4. The van der Waals surface area contributed by atoms with Crippen LogP contribution in [0.1, 0.15) is 23.3 Å². The first-order valence-corrected chi connectivity index (χ1v) is 8.46. The Morgan fingerprint density at radius 1 is 1.36 bits per heavy atom. The van der Waals surface area contributed by atoms with Crippen LogP contribution in [0.3, 0.4) is 0 Å². The summed E-state index contributed by atoms with van der Waals surface area (Å²) in [5, 5.41) is 11.4. The summed E-state index contributed by atoms with van der Waals surface area (Å²) < 4.78 is 0. The molecule has 0 saturated carbocycles. The molecule has 22 heavy (non-hydrogen) atoms. The van der Waals surface area contributed by atoms with E-state index in [1.165, 1.54) is 5.56 Å². The number of nitrogens with two attached hydrogens (primary N) is 1. The summed E-state index contributed by atoms with van der Waals surface area (Å²) in [4.78, 5) is 7.84. The van der Waals surface area contributed by atoms with Crippen molar-refractivity contribution in [2.24, 2.45) is 10.7 Å². The van der Waals surface area contributed by atoms with Gasteiger partial charge in [-0.05, 0) is 48.5 Å². The fourth-order valence-electron chi connectivity index (χ4n) is 2.89. The maximum atomic E-state index is 9.41. The van der Waals surface area contributed by atoms with Crippen LogP contribution in [0.4, 0.5) is 5.69 Å². The molecule has 0 radical (unpaired) electrons. The molecule has 116 valence electrons. The third-order valence-electron chi connectivity index (χ3n) is 4.03. The van der Waals surface area contributed by atoms with E-state index in [1.807, 2.05) is 29.6 Å². The summed E-state index contributed by atoms with van der Waals surface area (Å²) in [6.45, 7) is 2.15. The monoisotopic (exact) mass is 315 g/mol. The molecule has 1 aromatic carbocycles. The molecular weight excluding hydrogens is 294 g/mol. The van der Waals surface area contributed by atoms with E-state index in [2.05, 4.69) is 22.0 Å². The number of hydrogen-bond donors (Lipinski definition) is 2. The molecule has 0 spiro atoms. The Morgan fingerprint density at radius 3 is 3.05 bits per heavy atom. The molecule has 1 saturated heterocycles. The fraction of sp³-hybridized carbons (Fsp3) is 0.353. The summed E-state index contributed by atoms with van der Waals surface area (Å²) in [7, 11) is 0. The van der Waals surface area contributed by atoms with E-state index in [4.69, 9.17) is 5.73 Å². The topological polar surface area (TPSA) is 61.8 Å². The van der Waals surface area contributed by atoms with Crippen LogP contribution < -0.4 is 5.73 Å². The number of nitrogens with zero attached hydrogens (tertiary/aromatic N) is 2. The lowest BCUT2D eigenvalue weighted by Crippen LogP contribution is -2.31. The number of rotatable bonds is 5. The van der Waals surface area contributed by atoms with Gasteiger partial charge in [0.15, 0.2) is 0 Å². The molecule has 1 aliphatic heterocycles. The van der Waals surface area contributed by atoms with E-state index < -0.39 is 0 Å². The average molecular weight is 315 g/mol. The largest absolute Gasteiger partial charge is 0.395 e. The van der Waals surface area contributed by atoms with E-state index in [-0.39, 0.29) is 6.61 Å². The number of thiophene rings is 1. The van der Waals surface area contributed by atoms with Crippen molar-refractivity contribution in [3.05, 3.63) is 52.2 Å². The molecule has 1 atom stereocenters. The van der Waals surface area contributed by atoms with Crippen LogP contribution in [0.5, 0.6) is 0 Å². The molecule has 0 bridgehead atoms. The normalized spacial score (nSPS) is 19.7. The number of hydrogen-bond acceptors (Lipinski definition) is 4. The van der Waals surface area contributed by atoms with Crippen molar-refractivity contribution < 1.29 is 5.11 Å². The first kappa shape index (κ1) is 15.2. The number of aliphatic hydroxyl groups excluding tert-OH is 1. The Kier molecular flexibility index (Phi) is 4.87. The molecule has 0 amide bonds. The standard InChI is InChI=1S/C17H21N3OS/c18-17(16-7-3-9-22-16)19-14-5-1-4-13(10-14)11-20-8-2-6-15(20)12-21/h1,3-5,7,9-10,15,21H,2,6,8,11-12H2,(H2,18,19)/t15-/m1/s1. The SMILES string of the molecule is NC(=Nc1cccc(CN2CCC[C@@H]2CO)c1)c1cccs1. The predicted molar refractivity (Wildman–Crippen MR) is 91.7 cm³/mol. The predicted octanol–water partition coefficient (Wildman–Crippen LogP) is 2.74. The third-order valence-corrected chi connectivity index (χ3v) is 4.92. The van der Waals surface area contributed by atoms with E-state index in [0.29, 0.717) is 11.9 Å². The zero-order valence-corrected chi connectivity index (χ0v) is 13.3. The third kappa shape index (κ3) is 3.55. The average Bonchev–Trinajstić information content (AvgIpc) is 3.19. The lowest BCUT2D eigenvalue weighted by Gasteiger charge is -2.22. The van der Waals surface area contributed by atoms with Gasteiger partial charge in [-0.2, -0.15) is 0 Å². The molecule has 3 N–H and O–H groups in total. The molecule has 3 rings (SSSR count). The minimum Gasteiger partial charge on any atom is -0.395 e. The number of amidine groups is 1. The maximum Gasteiger partial charge on any atom is 0.141 e. The number of likely N-dealkylation sites (tertiary alicyclic amines) is 1.